The van der Waals surface area contributed by atoms with Crippen LogP contribution in [0.25, 0.3) is 0 Å². The van der Waals surface area contributed by atoms with Gasteiger partial charge < -0.3 is 15.0 Å². The molecule has 1 aliphatic rings. The fourth-order valence-electron chi connectivity index (χ4n) is 2.43. The lowest BCUT2D eigenvalue weighted by molar-refractivity contribution is -0.135. The van der Waals surface area contributed by atoms with Crippen molar-refractivity contribution < 1.29 is 9.53 Å². The van der Waals surface area contributed by atoms with Crippen molar-refractivity contribution in [2.24, 2.45) is 5.92 Å². The zero-order valence-corrected chi connectivity index (χ0v) is 12.6. The second kappa shape index (κ2) is 9.59. The zero-order chi connectivity index (χ0) is 12.7. The highest BCUT2D eigenvalue weighted by Gasteiger charge is 2.28. The first-order chi connectivity index (χ1) is 8.16. The number of likely N-dealkylation sites (tertiary alicyclic amines) is 1. The van der Waals surface area contributed by atoms with Crippen molar-refractivity contribution in [2.45, 2.75) is 39.2 Å². The number of halogens is 1. The Morgan fingerprint density at radius 3 is 2.78 bits per heavy atom. The van der Waals surface area contributed by atoms with Gasteiger partial charge in [0.2, 0.25) is 5.91 Å². The van der Waals surface area contributed by atoms with Crippen molar-refractivity contribution in [1.82, 2.24) is 10.2 Å². The Labute approximate surface area is 117 Å². The van der Waals surface area contributed by atoms with Crippen LogP contribution in [0.2, 0.25) is 0 Å². The number of rotatable bonds is 6. The summed E-state index contributed by atoms with van der Waals surface area (Å²) in [5.41, 5.74) is 0. The Morgan fingerprint density at radius 2 is 2.17 bits per heavy atom. The van der Waals surface area contributed by atoms with E-state index in [2.05, 4.69) is 24.1 Å². The Bertz CT molecular complexity index is 237. The van der Waals surface area contributed by atoms with Gasteiger partial charge in [-0.1, -0.05) is 13.8 Å². The second-order valence-corrected chi connectivity index (χ2v) is 5.06. The molecule has 0 aromatic heterocycles. The van der Waals surface area contributed by atoms with Gasteiger partial charge in [0.25, 0.3) is 0 Å². The maximum absolute atomic E-state index is 12.1. The lowest BCUT2D eigenvalue weighted by atomic mass is 9.93. The van der Waals surface area contributed by atoms with E-state index in [4.69, 9.17) is 4.74 Å². The molecule has 1 heterocycles. The first kappa shape index (κ1) is 17.7. The number of methoxy groups -OCH3 is 1. The number of carbonyl (C=O) groups is 1. The van der Waals surface area contributed by atoms with Gasteiger partial charge in [0, 0.05) is 26.2 Å². The molecule has 1 fully saturated rings. The normalized spacial score (nSPS) is 19.8. The van der Waals surface area contributed by atoms with Gasteiger partial charge >= 0.3 is 0 Å². The van der Waals surface area contributed by atoms with Crippen molar-refractivity contribution >= 4 is 18.3 Å². The van der Waals surface area contributed by atoms with E-state index in [1.165, 1.54) is 6.42 Å². The van der Waals surface area contributed by atoms with Crippen molar-refractivity contribution in [3.8, 4) is 0 Å². The van der Waals surface area contributed by atoms with E-state index in [1.54, 1.807) is 7.11 Å². The zero-order valence-electron chi connectivity index (χ0n) is 11.8. The van der Waals surface area contributed by atoms with E-state index in [0.717, 1.165) is 25.9 Å². The number of hydrogen-bond acceptors (Lipinski definition) is 3. The van der Waals surface area contributed by atoms with Gasteiger partial charge in [-0.15, -0.1) is 12.4 Å². The first-order valence-corrected chi connectivity index (χ1v) is 6.66. The van der Waals surface area contributed by atoms with Crippen molar-refractivity contribution in [2.75, 3.05) is 33.4 Å². The predicted octanol–water partition coefficient (Wildman–Crippen LogP) is 1.68. The average molecular weight is 279 g/mol. The molecular formula is C13H27ClN2O2. The van der Waals surface area contributed by atoms with E-state index in [0.29, 0.717) is 25.1 Å². The number of nitrogens with one attached hydrogen (secondary N) is 1. The van der Waals surface area contributed by atoms with Crippen LogP contribution in [-0.4, -0.2) is 50.2 Å². The molecule has 0 bridgehead atoms. The van der Waals surface area contributed by atoms with Crippen LogP contribution in [0, 0.1) is 5.92 Å². The SMILES string of the molecule is COCCNCC(=O)N1CCCCC1C(C)C.Cl. The third-order valence-corrected chi connectivity index (χ3v) is 3.40. The van der Waals surface area contributed by atoms with Crippen molar-refractivity contribution in [3.63, 3.8) is 0 Å². The number of carbonyl (C=O) groups excluding carboxylic acids is 1. The largest absolute Gasteiger partial charge is 0.383 e. The molecule has 5 heteroatoms. The summed E-state index contributed by atoms with van der Waals surface area (Å²) in [6.45, 7) is 7.16. The Morgan fingerprint density at radius 1 is 1.44 bits per heavy atom. The highest BCUT2D eigenvalue weighted by atomic mass is 35.5. The lowest BCUT2D eigenvalue weighted by Crippen LogP contribution is -2.49. The van der Waals surface area contributed by atoms with Crippen LogP contribution in [0.3, 0.4) is 0 Å². The molecule has 0 saturated carbocycles. The smallest absolute Gasteiger partial charge is 0.236 e. The molecule has 1 atom stereocenters. The molecule has 1 rings (SSSR count). The molecule has 1 unspecified atom stereocenters. The molecular weight excluding hydrogens is 252 g/mol. The summed E-state index contributed by atoms with van der Waals surface area (Å²) in [6, 6.07) is 0.431. The van der Waals surface area contributed by atoms with E-state index in [-0.39, 0.29) is 18.3 Å². The Hall–Kier alpha value is -0.320. The quantitative estimate of drug-likeness (QED) is 0.752. The second-order valence-electron chi connectivity index (χ2n) is 5.06. The average Bonchev–Trinajstić information content (AvgIpc) is 2.34. The topological polar surface area (TPSA) is 41.6 Å². The third kappa shape index (κ3) is 5.55. The summed E-state index contributed by atoms with van der Waals surface area (Å²) in [5, 5.41) is 3.13. The van der Waals surface area contributed by atoms with Crippen LogP contribution in [0.4, 0.5) is 0 Å². The summed E-state index contributed by atoms with van der Waals surface area (Å²) in [6.07, 6.45) is 3.55. The highest BCUT2D eigenvalue weighted by Crippen LogP contribution is 2.22. The number of piperidine rings is 1. The van der Waals surface area contributed by atoms with Crippen molar-refractivity contribution in [3.05, 3.63) is 0 Å². The molecule has 1 N–H and O–H groups in total. The Balaban J connectivity index is 0.00000289. The molecule has 1 amide bonds. The summed E-state index contributed by atoms with van der Waals surface area (Å²) >= 11 is 0. The first-order valence-electron chi connectivity index (χ1n) is 6.66. The van der Waals surface area contributed by atoms with Gasteiger partial charge in [-0.05, 0) is 25.2 Å². The molecule has 0 aromatic rings. The molecule has 0 spiro atoms. The number of ether oxygens (including phenoxy) is 1. The predicted molar refractivity (Wildman–Crippen MR) is 76.2 cm³/mol. The van der Waals surface area contributed by atoms with Gasteiger partial charge in [-0.2, -0.15) is 0 Å². The standard InChI is InChI=1S/C13H26N2O2.ClH/c1-11(2)12-6-4-5-8-15(12)13(16)10-14-7-9-17-3;/h11-12,14H,4-10H2,1-3H3;1H. The maximum Gasteiger partial charge on any atom is 0.236 e. The lowest BCUT2D eigenvalue weighted by Gasteiger charge is -2.38. The van der Waals surface area contributed by atoms with E-state index < -0.39 is 0 Å². The summed E-state index contributed by atoms with van der Waals surface area (Å²) in [7, 11) is 1.67. The minimum absolute atomic E-state index is 0. The molecule has 108 valence electrons. The van der Waals surface area contributed by atoms with Gasteiger partial charge in [-0.25, -0.2) is 0 Å². The minimum Gasteiger partial charge on any atom is -0.383 e. The van der Waals surface area contributed by atoms with Gasteiger partial charge in [-0.3, -0.25) is 4.79 Å². The molecule has 18 heavy (non-hydrogen) atoms. The molecule has 1 saturated heterocycles. The van der Waals surface area contributed by atoms with Crippen LogP contribution in [0.5, 0.6) is 0 Å². The van der Waals surface area contributed by atoms with Crippen LogP contribution in [0.1, 0.15) is 33.1 Å². The van der Waals surface area contributed by atoms with Gasteiger partial charge in [0.1, 0.15) is 0 Å². The monoisotopic (exact) mass is 278 g/mol. The van der Waals surface area contributed by atoms with Crippen molar-refractivity contribution in [1.29, 1.82) is 0 Å². The fraction of sp³-hybridized carbons (Fsp3) is 0.923. The van der Waals surface area contributed by atoms with E-state index >= 15 is 0 Å². The molecule has 0 aliphatic carbocycles. The summed E-state index contributed by atoms with van der Waals surface area (Å²) in [5.74, 6) is 0.790. The maximum atomic E-state index is 12.1. The number of nitrogens with zero attached hydrogens (tertiary/aromatic N) is 1. The summed E-state index contributed by atoms with van der Waals surface area (Å²) < 4.78 is 4.94. The summed E-state index contributed by atoms with van der Waals surface area (Å²) in [4.78, 5) is 14.2. The third-order valence-electron chi connectivity index (χ3n) is 3.40. The molecule has 4 nitrogen and oxygen atoms in total. The fourth-order valence-corrected chi connectivity index (χ4v) is 2.43. The van der Waals surface area contributed by atoms with Crippen LogP contribution in [0.15, 0.2) is 0 Å². The minimum atomic E-state index is 0. The molecule has 1 aliphatic heterocycles. The van der Waals surface area contributed by atoms with Gasteiger partial charge in [0.15, 0.2) is 0 Å². The number of hydrogen-bond donors (Lipinski definition) is 1. The highest BCUT2D eigenvalue weighted by molar-refractivity contribution is 5.85. The van der Waals surface area contributed by atoms with E-state index in [9.17, 15) is 4.79 Å². The van der Waals surface area contributed by atoms with Crippen LogP contribution in [-0.2, 0) is 9.53 Å². The Kier molecular flexibility index (Phi) is 9.42. The van der Waals surface area contributed by atoms with Crippen LogP contribution < -0.4 is 5.32 Å². The van der Waals surface area contributed by atoms with Crippen LogP contribution >= 0.6 is 12.4 Å². The number of amides is 1. The van der Waals surface area contributed by atoms with Gasteiger partial charge in [0.05, 0.1) is 13.2 Å². The van der Waals surface area contributed by atoms with E-state index in [1.807, 2.05) is 0 Å². The molecule has 0 radical (unpaired) electrons. The molecule has 0 aromatic carbocycles.